The lowest BCUT2D eigenvalue weighted by Gasteiger charge is -2.33. The number of urea groups is 1. The highest BCUT2D eigenvalue weighted by molar-refractivity contribution is 5.74. The summed E-state index contributed by atoms with van der Waals surface area (Å²) >= 11 is 0. The Kier molecular flexibility index (Phi) is 4.56. The molecule has 134 valence electrons. The number of hydrogen-bond donors (Lipinski definition) is 1. The maximum Gasteiger partial charge on any atom is 0.317 e. The Morgan fingerprint density at radius 1 is 1.15 bits per heavy atom. The second kappa shape index (κ2) is 7.15. The number of amides is 2. The second-order valence-corrected chi connectivity index (χ2v) is 6.74. The van der Waals surface area contributed by atoms with E-state index in [0.29, 0.717) is 12.6 Å². The van der Waals surface area contributed by atoms with Gasteiger partial charge in [-0.3, -0.25) is 0 Å². The van der Waals surface area contributed by atoms with E-state index in [1.807, 2.05) is 60.5 Å². The lowest BCUT2D eigenvalue weighted by atomic mass is 10.0. The van der Waals surface area contributed by atoms with Crippen LogP contribution >= 0.6 is 0 Å². The van der Waals surface area contributed by atoms with Crippen LogP contribution in [0.1, 0.15) is 30.3 Å². The number of aryl methyl sites for hydroxylation is 1. The van der Waals surface area contributed by atoms with Gasteiger partial charge in [-0.25, -0.2) is 14.8 Å². The molecule has 1 aliphatic heterocycles. The van der Waals surface area contributed by atoms with Gasteiger partial charge in [-0.1, -0.05) is 30.3 Å². The molecular formula is C20H23N5O. The Hall–Kier alpha value is -2.89. The van der Waals surface area contributed by atoms with Crippen molar-refractivity contribution in [2.45, 2.75) is 32.4 Å². The van der Waals surface area contributed by atoms with Crippen molar-refractivity contribution >= 4 is 17.2 Å². The van der Waals surface area contributed by atoms with Crippen molar-refractivity contribution in [1.82, 2.24) is 24.8 Å². The predicted octanol–water partition coefficient (Wildman–Crippen LogP) is 3.29. The van der Waals surface area contributed by atoms with Crippen LogP contribution in [-0.4, -0.2) is 38.6 Å². The van der Waals surface area contributed by atoms with Crippen LogP contribution < -0.4 is 5.32 Å². The molecule has 2 amide bonds. The average molecular weight is 349 g/mol. The molecule has 3 heterocycles. The number of carbonyl (C=O) groups excluding carboxylic acids is 1. The molecule has 26 heavy (non-hydrogen) atoms. The van der Waals surface area contributed by atoms with Crippen LogP contribution in [0.4, 0.5) is 4.79 Å². The van der Waals surface area contributed by atoms with Gasteiger partial charge in [0.05, 0.1) is 0 Å². The molecule has 1 saturated heterocycles. The molecule has 3 aromatic rings. The normalized spacial score (nSPS) is 15.3. The topological polar surface area (TPSA) is 63.1 Å². The van der Waals surface area contributed by atoms with Crippen molar-refractivity contribution in [3.63, 3.8) is 0 Å². The van der Waals surface area contributed by atoms with Gasteiger partial charge < -0.3 is 14.8 Å². The van der Waals surface area contributed by atoms with Gasteiger partial charge in [0.1, 0.15) is 11.3 Å². The molecule has 0 saturated carbocycles. The zero-order chi connectivity index (χ0) is 17.9. The number of carbonyl (C=O) groups is 1. The number of aromatic nitrogens is 3. The molecule has 0 spiro atoms. The molecule has 4 rings (SSSR count). The van der Waals surface area contributed by atoms with Crippen LogP contribution in [-0.2, 0) is 6.54 Å². The van der Waals surface area contributed by atoms with E-state index >= 15 is 0 Å². The Labute approximate surface area is 152 Å². The van der Waals surface area contributed by atoms with E-state index in [9.17, 15) is 4.79 Å². The van der Waals surface area contributed by atoms with E-state index in [-0.39, 0.29) is 6.03 Å². The van der Waals surface area contributed by atoms with Gasteiger partial charge in [0.2, 0.25) is 0 Å². The Balaban J connectivity index is 1.38. The average Bonchev–Trinajstić information content (AvgIpc) is 3.03. The summed E-state index contributed by atoms with van der Waals surface area (Å²) in [6, 6.07) is 14.3. The van der Waals surface area contributed by atoms with Gasteiger partial charge in [0, 0.05) is 31.9 Å². The minimum absolute atomic E-state index is 0.0117. The molecule has 0 unspecified atom stereocenters. The van der Waals surface area contributed by atoms with Crippen molar-refractivity contribution in [2.24, 2.45) is 0 Å². The SMILES string of the molecule is Cc1nc2cccnc2n1C1CCN(C(=O)NCc2ccccc2)CC1. The maximum atomic E-state index is 12.4. The number of nitrogens with zero attached hydrogens (tertiary/aromatic N) is 4. The standard InChI is InChI=1S/C20H23N5O/c1-15-23-18-8-5-11-21-19(18)25(15)17-9-12-24(13-10-17)20(26)22-14-16-6-3-2-4-7-16/h2-8,11,17H,9-10,12-14H2,1H3,(H,22,26). The number of nitrogens with one attached hydrogen (secondary N) is 1. The maximum absolute atomic E-state index is 12.4. The van der Waals surface area contributed by atoms with Gasteiger partial charge in [-0.2, -0.15) is 0 Å². The number of fused-ring (bicyclic) bond motifs is 1. The van der Waals surface area contributed by atoms with Crippen LogP contribution in [0, 0.1) is 6.92 Å². The molecule has 1 fully saturated rings. The molecule has 0 bridgehead atoms. The summed E-state index contributed by atoms with van der Waals surface area (Å²) in [6.07, 6.45) is 3.65. The zero-order valence-electron chi connectivity index (χ0n) is 14.9. The summed E-state index contributed by atoms with van der Waals surface area (Å²) in [7, 11) is 0. The Morgan fingerprint density at radius 2 is 1.92 bits per heavy atom. The van der Waals surface area contributed by atoms with Crippen LogP contribution in [0.15, 0.2) is 48.7 Å². The van der Waals surface area contributed by atoms with Crippen molar-refractivity contribution in [3.8, 4) is 0 Å². The molecule has 6 nitrogen and oxygen atoms in total. The lowest BCUT2D eigenvalue weighted by molar-refractivity contribution is 0.171. The van der Waals surface area contributed by atoms with Crippen molar-refractivity contribution in [3.05, 3.63) is 60.0 Å². The zero-order valence-corrected chi connectivity index (χ0v) is 14.9. The fourth-order valence-corrected chi connectivity index (χ4v) is 3.69. The first-order valence-electron chi connectivity index (χ1n) is 9.08. The highest BCUT2D eigenvalue weighted by Crippen LogP contribution is 2.27. The smallest absolute Gasteiger partial charge is 0.317 e. The molecule has 0 aliphatic carbocycles. The third-order valence-electron chi connectivity index (χ3n) is 5.03. The lowest BCUT2D eigenvalue weighted by Crippen LogP contribution is -2.44. The summed E-state index contributed by atoms with van der Waals surface area (Å²) in [5.74, 6) is 0.991. The fraction of sp³-hybridized carbons (Fsp3) is 0.350. The summed E-state index contributed by atoms with van der Waals surface area (Å²) < 4.78 is 2.23. The van der Waals surface area contributed by atoms with E-state index < -0.39 is 0 Å². The third-order valence-corrected chi connectivity index (χ3v) is 5.03. The number of imidazole rings is 1. The second-order valence-electron chi connectivity index (χ2n) is 6.74. The predicted molar refractivity (Wildman–Crippen MR) is 101 cm³/mol. The summed E-state index contributed by atoms with van der Waals surface area (Å²) in [6.45, 7) is 4.09. The van der Waals surface area contributed by atoms with E-state index in [0.717, 1.165) is 48.5 Å². The first-order chi connectivity index (χ1) is 12.7. The molecule has 2 aromatic heterocycles. The van der Waals surface area contributed by atoms with Gasteiger partial charge >= 0.3 is 6.03 Å². The largest absolute Gasteiger partial charge is 0.334 e. The van der Waals surface area contributed by atoms with Gasteiger partial charge in [0.15, 0.2) is 5.65 Å². The first kappa shape index (κ1) is 16.6. The Bertz CT molecular complexity index is 897. The molecule has 0 radical (unpaired) electrons. The summed E-state index contributed by atoms with van der Waals surface area (Å²) in [5.41, 5.74) is 2.99. The number of benzene rings is 1. The van der Waals surface area contributed by atoms with Crippen molar-refractivity contribution in [2.75, 3.05) is 13.1 Å². The fourth-order valence-electron chi connectivity index (χ4n) is 3.69. The molecule has 1 aromatic carbocycles. The molecular weight excluding hydrogens is 326 g/mol. The van der Waals surface area contributed by atoms with Crippen LogP contribution in [0.2, 0.25) is 0 Å². The number of rotatable bonds is 3. The van der Waals surface area contributed by atoms with Crippen LogP contribution in [0.3, 0.4) is 0 Å². The van der Waals surface area contributed by atoms with E-state index in [1.54, 1.807) is 0 Å². The monoisotopic (exact) mass is 349 g/mol. The number of likely N-dealkylation sites (tertiary alicyclic amines) is 1. The Morgan fingerprint density at radius 3 is 2.69 bits per heavy atom. The molecule has 6 heteroatoms. The minimum atomic E-state index is 0.0117. The third kappa shape index (κ3) is 3.27. The van der Waals surface area contributed by atoms with Gasteiger partial charge in [-0.05, 0) is 37.5 Å². The van der Waals surface area contributed by atoms with E-state index in [2.05, 4.69) is 19.9 Å². The molecule has 1 aliphatic rings. The first-order valence-corrected chi connectivity index (χ1v) is 9.08. The molecule has 0 atom stereocenters. The highest BCUT2D eigenvalue weighted by Gasteiger charge is 2.26. The van der Waals surface area contributed by atoms with E-state index in [1.165, 1.54) is 0 Å². The van der Waals surface area contributed by atoms with Crippen molar-refractivity contribution in [1.29, 1.82) is 0 Å². The van der Waals surface area contributed by atoms with Crippen LogP contribution in [0.5, 0.6) is 0 Å². The van der Waals surface area contributed by atoms with E-state index in [4.69, 9.17) is 0 Å². The van der Waals surface area contributed by atoms with Crippen molar-refractivity contribution < 1.29 is 4.79 Å². The summed E-state index contributed by atoms with van der Waals surface area (Å²) in [5, 5.41) is 3.01. The minimum Gasteiger partial charge on any atom is -0.334 e. The molecule has 1 N–H and O–H groups in total. The van der Waals surface area contributed by atoms with Crippen LogP contribution in [0.25, 0.3) is 11.2 Å². The summed E-state index contributed by atoms with van der Waals surface area (Å²) in [4.78, 5) is 23.4. The van der Waals surface area contributed by atoms with Gasteiger partial charge in [0.25, 0.3) is 0 Å². The quantitative estimate of drug-likeness (QED) is 0.789. The number of piperidine rings is 1. The number of hydrogen-bond acceptors (Lipinski definition) is 3. The van der Waals surface area contributed by atoms with Gasteiger partial charge in [-0.15, -0.1) is 0 Å². The number of pyridine rings is 1. The highest BCUT2D eigenvalue weighted by atomic mass is 16.2.